The van der Waals surface area contributed by atoms with Gasteiger partial charge in [0.1, 0.15) is 5.75 Å². The van der Waals surface area contributed by atoms with Crippen LogP contribution >= 0.6 is 12.2 Å². The summed E-state index contributed by atoms with van der Waals surface area (Å²) in [5, 5.41) is 0. The zero-order chi connectivity index (χ0) is 12.0. The van der Waals surface area contributed by atoms with Crippen molar-refractivity contribution in [3.63, 3.8) is 0 Å². The normalized spacial score (nSPS) is 22.9. The van der Waals surface area contributed by atoms with Gasteiger partial charge in [-0.3, -0.25) is 0 Å². The fourth-order valence-electron chi connectivity index (χ4n) is 2.33. The van der Waals surface area contributed by atoms with E-state index in [0.717, 1.165) is 39.9 Å². The molecule has 1 fully saturated rings. The fourth-order valence-corrected chi connectivity index (χ4v) is 2.61. The molecule has 1 aromatic carbocycles. The quantitative estimate of drug-likeness (QED) is 0.844. The second kappa shape index (κ2) is 3.88. The molecule has 1 heterocycles. The van der Waals surface area contributed by atoms with Crippen LogP contribution in [-0.4, -0.2) is 16.7 Å². The molecule has 90 valence electrons. The number of aromatic amines is 1. The number of benzene rings is 1. The van der Waals surface area contributed by atoms with Gasteiger partial charge in [-0.2, -0.15) is 0 Å². The molecule has 0 bridgehead atoms. The largest absolute Gasteiger partial charge is 0.497 e. The summed E-state index contributed by atoms with van der Waals surface area (Å²) >= 11 is 5.38. The Hall–Kier alpha value is -1.29. The Bertz CT molecular complexity index is 613. The van der Waals surface area contributed by atoms with E-state index in [0.29, 0.717) is 0 Å². The van der Waals surface area contributed by atoms with Gasteiger partial charge in [0.05, 0.1) is 18.1 Å². The minimum absolute atomic E-state index is 0.784. The Morgan fingerprint density at radius 3 is 2.94 bits per heavy atom. The highest BCUT2D eigenvalue weighted by Gasteiger charge is 2.33. The molecule has 0 saturated heterocycles. The summed E-state index contributed by atoms with van der Waals surface area (Å²) in [6.45, 7) is 3.32. The molecule has 1 aromatic heterocycles. The van der Waals surface area contributed by atoms with Gasteiger partial charge in [-0.25, -0.2) is 0 Å². The van der Waals surface area contributed by atoms with E-state index in [1.54, 1.807) is 7.11 Å². The van der Waals surface area contributed by atoms with Crippen molar-refractivity contribution in [3.8, 4) is 5.75 Å². The van der Waals surface area contributed by atoms with Crippen LogP contribution in [0.1, 0.15) is 13.3 Å². The molecule has 0 spiro atoms. The SMILES string of the molecule is COc1ccc2[nH]c(=S)n(CC3CC3C)c2c1. The molecule has 1 aliphatic carbocycles. The Labute approximate surface area is 105 Å². The van der Waals surface area contributed by atoms with Crippen LogP contribution in [0.3, 0.4) is 0 Å². The number of nitrogens with one attached hydrogen (secondary N) is 1. The first kappa shape index (κ1) is 10.8. The van der Waals surface area contributed by atoms with Crippen LogP contribution in [0.5, 0.6) is 5.75 Å². The average Bonchev–Trinajstić information content (AvgIpc) is 2.93. The predicted molar refractivity (Wildman–Crippen MR) is 70.9 cm³/mol. The number of hydrogen-bond acceptors (Lipinski definition) is 2. The second-order valence-electron chi connectivity index (χ2n) is 4.90. The molecule has 0 radical (unpaired) electrons. The standard InChI is InChI=1S/C13H16N2OS/c1-8-5-9(8)7-15-12-6-10(16-2)3-4-11(12)14-13(15)17/h3-4,6,8-9H,5,7H2,1-2H3,(H,14,17). The number of imidazole rings is 1. The molecule has 3 nitrogen and oxygen atoms in total. The van der Waals surface area contributed by atoms with Crippen molar-refractivity contribution in [1.29, 1.82) is 0 Å². The molecule has 0 amide bonds. The number of H-pyrrole nitrogens is 1. The zero-order valence-electron chi connectivity index (χ0n) is 10.1. The van der Waals surface area contributed by atoms with E-state index in [2.05, 4.69) is 22.5 Å². The molecule has 17 heavy (non-hydrogen) atoms. The molecule has 3 rings (SSSR count). The Kier molecular flexibility index (Phi) is 2.47. The summed E-state index contributed by atoms with van der Waals surface area (Å²) in [6.07, 6.45) is 1.32. The molecule has 1 aliphatic rings. The van der Waals surface area contributed by atoms with E-state index in [-0.39, 0.29) is 0 Å². The van der Waals surface area contributed by atoms with E-state index >= 15 is 0 Å². The van der Waals surface area contributed by atoms with Crippen molar-refractivity contribution >= 4 is 23.3 Å². The van der Waals surface area contributed by atoms with Crippen molar-refractivity contribution in [1.82, 2.24) is 9.55 Å². The molecule has 0 aliphatic heterocycles. The highest BCUT2D eigenvalue weighted by molar-refractivity contribution is 7.71. The van der Waals surface area contributed by atoms with Gasteiger partial charge >= 0.3 is 0 Å². The monoisotopic (exact) mass is 248 g/mol. The Morgan fingerprint density at radius 2 is 2.29 bits per heavy atom. The molecule has 1 saturated carbocycles. The summed E-state index contributed by atoms with van der Waals surface area (Å²) in [5.41, 5.74) is 2.23. The Morgan fingerprint density at radius 1 is 1.53 bits per heavy atom. The maximum Gasteiger partial charge on any atom is 0.178 e. The summed E-state index contributed by atoms with van der Waals surface area (Å²) in [5.74, 6) is 2.50. The van der Waals surface area contributed by atoms with Gasteiger partial charge in [0.15, 0.2) is 4.77 Å². The lowest BCUT2D eigenvalue weighted by atomic mass is 10.3. The number of methoxy groups -OCH3 is 1. The van der Waals surface area contributed by atoms with Gasteiger partial charge in [-0.15, -0.1) is 0 Å². The van der Waals surface area contributed by atoms with Gasteiger partial charge in [0, 0.05) is 12.6 Å². The van der Waals surface area contributed by atoms with Crippen molar-refractivity contribution < 1.29 is 4.74 Å². The second-order valence-corrected chi connectivity index (χ2v) is 5.28. The lowest BCUT2D eigenvalue weighted by Crippen LogP contribution is -2.00. The summed E-state index contributed by atoms with van der Waals surface area (Å²) < 4.78 is 8.28. The van der Waals surface area contributed by atoms with E-state index in [1.165, 1.54) is 6.42 Å². The first-order valence-electron chi connectivity index (χ1n) is 5.95. The lowest BCUT2D eigenvalue weighted by Gasteiger charge is -2.04. The van der Waals surface area contributed by atoms with Gasteiger partial charge in [-0.05, 0) is 42.6 Å². The summed E-state index contributed by atoms with van der Waals surface area (Å²) in [6, 6.07) is 6.03. The minimum Gasteiger partial charge on any atom is -0.497 e. The molecule has 2 aromatic rings. The maximum absolute atomic E-state index is 5.38. The summed E-state index contributed by atoms with van der Waals surface area (Å²) in [7, 11) is 1.69. The van der Waals surface area contributed by atoms with E-state index in [9.17, 15) is 0 Å². The van der Waals surface area contributed by atoms with E-state index in [1.807, 2.05) is 12.1 Å². The number of hydrogen-bond donors (Lipinski definition) is 1. The van der Waals surface area contributed by atoms with Crippen LogP contribution in [-0.2, 0) is 6.54 Å². The van der Waals surface area contributed by atoms with E-state index < -0.39 is 0 Å². The van der Waals surface area contributed by atoms with Crippen molar-refractivity contribution in [3.05, 3.63) is 23.0 Å². The minimum atomic E-state index is 0.784. The van der Waals surface area contributed by atoms with Crippen LogP contribution in [0.15, 0.2) is 18.2 Å². The third kappa shape index (κ3) is 1.86. The van der Waals surface area contributed by atoms with Gasteiger partial charge in [0.25, 0.3) is 0 Å². The first-order valence-corrected chi connectivity index (χ1v) is 6.36. The predicted octanol–water partition coefficient (Wildman–Crippen LogP) is 3.36. The number of ether oxygens (including phenoxy) is 1. The molecule has 4 heteroatoms. The van der Waals surface area contributed by atoms with Crippen LogP contribution in [0.25, 0.3) is 11.0 Å². The number of fused-ring (bicyclic) bond motifs is 1. The van der Waals surface area contributed by atoms with Crippen molar-refractivity contribution in [2.45, 2.75) is 19.9 Å². The van der Waals surface area contributed by atoms with Crippen LogP contribution in [0.4, 0.5) is 0 Å². The van der Waals surface area contributed by atoms with Gasteiger partial charge in [0.2, 0.25) is 0 Å². The van der Waals surface area contributed by atoms with Crippen LogP contribution in [0.2, 0.25) is 0 Å². The van der Waals surface area contributed by atoms with Crippen LogP contribution < -0.4 is 4.74 Å². The molecule has 1 N–H and O–H groups in total. The fraction of sp³-hybridized carbons (Fsp3) is 0.462. The smallest absolute Gasteiger partial charge is 0.178 e. The molecular formula is C13H16N2OS. The van der Waals surface area contributed by atoms with Crippen LogP contribution in [0, 0.1) is 16.6 Å². The van der Waals surface area contributed by atoms with E-state index in [4.69, 9.17) is 17.0 Å². The molecular weight excluding hydrogens is 232 g/mol. The number of aromatic nitrogens is 2. The average molecular weight is 248 g/mol. The number of nitrogens with zero attached hydrogens (tertiary/aromatic N) is 1. The first-order chi connectivity index (χ1) is 8.19. The topological polar surface area (TPSA) is 29.9 Å². The highest BCUT2D eigenvalue weighted by atomic mass is 32.1. The third-order valence-corrected chi connectivity index (χ3v) is 4.00. The Balaban J connectivity index is 2.08. The zero-order valence-corrected chi connectivity index (χ0v) is 10.9. The van der Waals surface area contributed by atoms with Gasteiger partial charge < -0.3 is 14.3 Å². The maximum atomic E-state index is 5.38. The number of rotatable bonds is 3. The summed E-state index contributed by atoms with van der Waals surface area (Å²) in [4.78, 5) is 3.25. The lowest BCUT2D eigenvalue weighted by molar-refractivity contribution is 0.415. The molecule has 2 atom stereocenters. The third-order valence-electron chi connectivity index (χ3n) is 3.68. The molecule has 2 unspecified atom stereocenters. The van der Waals surface area contributed by atoms with Gasteiger partial charge in [-0.1, -0.05) is 6.92 Å². The van der Waals surface area contributed by atoms with Crippen molar-refractivity contribution in [2.24, 2.45) is 11.8 Å². The highest BCUT2D eigenvalue weighted by Crippen LogP contribution is 2.39. The van der Waals surface area contributed by atoms with Crippen molar-refractivity contribution in [2.75, 3.05) is 7.11 Å².